The van der Waals surface area contributed by atoms with Gasteiger partial charge in [-0.3, -0.25) is 9.59 Å². The zero-order valence-electron chi connectivity index (χ0n) is 53.2. The summed E-state index contributed by atoms with van der Waals surface area (Å²) in [5.74, 6) is -1.29. The molecule has 1 aliphatic rings. The lowest BCUT2D eigenvalue weighted by molar-refractivity contribution is -0.305. The number of unbranched alkanes of at least 4 members (excludes halogenated alkanes) is 24. The number of ether oxygens (including phenoxy) is 3. The van der Waals surface area contributed by atoms with Crippen molar-refractivity contribution in [3.8, 4) is 0 Å². The fourth-order valence-corrected chi connectivity index (χ4v) is 9.80. The lowest BCUT2D eigenvalue weighted by Crippen LogP contribution is -2.61. The van der Waals surface area contributed by atoms with Crippen LogP contribution in [0.4, 0.5) is 0 Å². The molecule has 0 spiro atoms. The molecule has 1 amide bonds. The van der Waals surface area contributed by atoms with E-state index < -0.39 is 67.4 Å². The Morgan fingerprint density at radius 3 is 1.31 bits per heavy atom. The molecule has 0 bridgehead atoms. The number of nitrogens with one attached hydrogen (secondary N) is 1. The molecule has 6 N–H and O–H groups in total. The Balaban J connectivity index is 2.65. The van der Waals surface area contributed by atoms with Crippen LogP contribution in [0.5, 0.6) is 0 Å². The van der Waals surface area contributed by atoms with E-state index in [0.717, 1.165) is 96.3 Å². The molecule has 0 aliphatic carbocycles. The molecule has 8 unspecified atom stereocenters. The maximum atomic E-state index is 13.5. The molecular weight excluding hydrogens is 1050 g/mol. The van der Waals surface area contributed by atoms with E-state index >= 15 is 0 Å². The van der Waals surface area contributed by atoms with Crippen LogP contribution in [-0.4, -0.2) is 99.6 Å². The van der Waals surface area contributed by atoms with Crippen molar-refractivity contribution in [3.05, 3.63) is 122 Å². The molecule has 1 heterocycles. The van der Waals surface area contributed by atoms with E-state index in [0.29, 0.717) is 19.3 Å². The van der Waals surface area contributed by atoms with E-state index in [1.54, 1.807) is 6.08 Å². The van der Waals surface area contributed by atoms with Crippen LogP contribution in [-0.2, 0) is 23.8 Å². The van der Waals surface area contributed by atoms with E-state index in [1.165, 1.54) is 116 Å². The molecule has 1 rings (SSSR count). The largest absolute Gasteiger partial charge is 0.454 e. The highest BCUT2D eigenvalue weighted by Crippen LogP contribution is 2.26. The lowest BCUT2D eigenvalue weighted by atomic mass is 9.99. The van der Waals surface area contributed by atoms with Crippen molar-refractivity contribution >= 4 is 11.9 Å². The SMILES string of the molecule is CC/C=C\C/C=C\C/C=C\C/C=C\C/C=C\C/C=C\CCC(=O)OC1C(OCC(NC(=O)C(O)CCCCCCCCCCCCC/C=C\C/C=C\C/C=C\CCCCC)C(O)/C=C/CCCCCCCCCCCC)OC(CO)C(O)C1O. The Bertz CT molecular complexity index is 1830. The fourth-order valence-electron chi connectivity index (χ4n) is 9.80. The average molecular weight is 1170 g/mol. The van der Waals surface area contributed by atoms with Gasteiger partial charge in [0.1, 0.15) is 24.4 Å². The quantitative estimate of drug-likeness (QED) is 0.0195. The highest BCUT2D eigenvalue weighted by Gasteiger charge is 2.47. The van der Waals surface area contributed by atoms with Crippen molar-refractivity contribution in [2.24, 2.45) is 0 Å². The summed E-state index contributed by atoms with van der Waals surface area (Å²) in [6, 6.07) is -1.05. The van der Waals surface area contributed by atoms with Gasteiger partial charge < -0.3 is 45.1 Å². The number of aliphatic hydroxyl groups excluding tert-OH is 5. The first-order valence-electron chi connectivity index (χ1n) is 33.8. The number of carbonyl (C=O) groups is 2. The van der Waals surface area contributed by atoms with Crippen molar-refractivity contribution in [1.29, 1.82) is 0 Å². The first-order valence-corrected chi connectivity index (χ1v) is 33.8. The summed E-state index contributed by atoms with van der Waals surface area (Å²) in [5, 5.41) is 57.1. The number of hydrogen-bond acceptors (Lipinski definition) is 10. The van der Waals surface area contributed by atoms with Crippen LogP contribution in [0, 0.1) is 0 Å². The fraction of sp³-hybridized carbons (Fsp3) is 0.699. The van der Waals surface area contributed by atoms with E-state index in [4.69, 9.17) is 14.2 Å². The van der Waals surface area contributed by atoms with Crippen LogP contribution in [0.2, 0.25) is 0 Å². The molecular formula is C73H123NO10. The Morgan fingerprint density at radius 1 is 0.476 bits per heavy atom. The van der Waals surface area contributed by atoms with Gasteiger partial charge in [-0.1, -0.05) is 277 Å². The summed E-state index contributed by atoms with van der Waals surface area (Å²) in [6.07, 6.45) is 72.5. The molecule has 8 atom stereocenters. The maximum Gasteiger partial charge on any atom is 0.306 e. The number of hydrogen-bond donors (Lipinski definition) is 6. The van der Waals surface area contributed by atoms with Crippen LogP contribution in [0.25, 0.3) is 0 Å². The molecule has 84 heavy (non-hydrogen) atoms. The Kier molecular flexibility index (Phi) is 55.2. The van der Waals surface area contributed by atoms with Gasteiger partial charge in [0, 0.05) is 6.42 Å². The predicted octanol–water partition coefficient (Wildman–Crippen LogP) is 17.0. The number of allylic oxidation sites excluding steroid dienone is 19. The standard InChI is InChI=1S/C73H123NO10/c1-4-7-10-13-16-19-22-25-27-29-31-32-33-34-35-37-38-40-42-45-48-51-54-57-60-66(77)72(81)74-64(65(76)59-56-53-50-47-44-24-21-18-15-12-9-6-3)63-82-73-71(70(80)69(79)67(62-75)83-73)84-68(78)61-58-55-52-49-46-43-41-39-36-30-28-26-23-20-17-14-11-8-5-2/h8,11,16-17,19-20,25-28,31-32,36,39,43,46,52,55-56,59,64-67,69-71,73,75-77,79-80H,4-7,9-10,12-15,18,21-24,29-30,33-35,37-38,40-42,44-45,47-51,53-54,57-58,60-63H2,1-3H3,(H,74,81)/b11-8-,19-16-,20-17-,27-25-,28-26-,32-31-,39-36-,46-43-,55-52-,59-56+. The van der Waals surface area contributed by atoms with Crippen LogP contribution < -0.4 is 5.32 Å². The van der Waals surface area contributed by atoms with E-state index in [-0.39, 0.29) is 19.4 Å². The van der Waals surface area contributed by atoms with Crippen molar-refractivity contribution in [3.63, 3.8) is 0 Å². The minimum Gasteiger partial charge on any atom is -0.454 e. The lowest BCUT2D eigenvalue weighted by Gasteiger charge is -2.41. The highest BCUT2D eigenvalue weighted by atomic mass is 16.7. The third-order valence-electron chi connectivity index (χ3n) is 15.1. The molecule has 0 radical (unpaired) electrons. The Labute approximate surface area is 512 Å². The zero-order valence-corrected chi connectivity index (χ0v) is 53.2. The monoisotopic (exact) mass is 1170 g/mol. The van der Waals surface area contributed by atoms with Gasteiger partial charge >= 0.3 is 5.97 Å². The van der Waals surface area contributed by atoms with Gasteiger partial charge in [0.25, 0.3) is 0 Å². The molecule has 0 aromatic heterocycles. The topological polar surface area (TPSA) is 175 Å². The van der Waals surface area contributed by atoms with E-state index in [2.05, 4.69) is 123 Å². The molecule has 1 saturated heterocycles. The van der Waals surface area contributed by atoms with Crippen LogP contribution in [0.1, 0.15) is 265 Å². The number of aliphatic hydroxyl groups is 5. The first-order chi connectivity index (χ1) is 41.2. The van der Waals surface area contributed by atoms with Crippen molar-refractivity contribution < 1.29 is 49.3 Å². The Morgan fingerprint density at radius 2 is 0.857 bits per heavy atom. The van der Waals surface area contributed by atoms with E-state index in [1.807, 2.05) is 18.2 Å². The third-order valence-corrected chi connectivity index (χ3v) is 15.1. The van der Waals surface area contributed by atoms with Crippen LogP contribution in [0.3, 0.4) is 0 Å². The van der Waals surface area contributed by atoms with Crippen molar-refractivity contribution in [2.75, 3.05) is 13.2 Å². The smallest absolute Gasteiger partial charge is 0.306 e. The minimum absolute atomic E-state index is 0.00736. The van der Waals surface area contributed by atoms with Gasteiger partial charge in [0.2, 0.25) is 5.91 Å². The van der Waals surface area contributed by atoms with Crippen LogP contribution >= 0.6 is 0 Å². The van der Waals surface area contributed by atoms with E-state index in [9.17, 15) is 35.1 Å². The number of amides is 1. The molecule has 0 saturated carbocycles. The molecule has 11 nitrogen and oxygen atoms in total. The Hall–Kier alpha value is -3.94. The maximum absolute atomic E-state index is 13.5. The third kappa shape index (κ3) is 46.3. The molecule has 0 aromatic carbocycles. The van der Waals surface area contributed by atoms with Gasteiger partial charge in [-0.05, 0) is 103 Å². The molecule has 480 valence electrons. The molecule has 1 fully saturated rings. The van der Waals surface area contributed by atoms with Crippen LogP contribution in [0.15, 0.2) is 122 Å². The number of rotatable bonds is 56. The number of esters is 1. The minimum atomic E-state index is -1.65. The molecule has 1 aliphatic heterocycles. The predicted molar refractivity (Wildman–Crippen MR) is 351 cm³/mol. The first kappa shape index (κ1) is 78.1. The summed E-state index contributed by atoms with van der Waals surface area (Å²) in [4.78, 5) is 26.6. The number of carbonyl (C=O) groups excluding carboxylic acids is 2. The van der Waals surface area contributed by atoms with Crippen molar-refractivity contribution in [2.45, 2.75) is 314 Å². The van der Waals surface area contributed by atoms with Gasteiger partial charge in [-0.2, -0.15) is 0 Å². The zero-order chi connectivity index (χ0) is 61.0. The van der Waals surface area contributed by atoms with Gasteiger partial charge in [0.05, 0.1) is 25.4 Å². The second-order valence-corrected chi connectivity index (χ2v) is 22.8. The molecule has 0 aromatic rings. The normalized spacial score (nSPS) is 19.3. The average Bonchev–Trinajstić information content (AvgIpc) is 3.69. The second kappa shape index (κ2) is 59.4. The van der Waals surface area contributed by atoms with Gasteiger partial charge in [-0.25, -0.2) is 0 Å². The van der Waals surface area contributed by atoms with Crippen molar-refractivity contribution in [1.82, 2.24) is 5.32 Å². The summed E-state index contributed by atoms with van der Waals surface area (Å²) in [6.45, 7) is 5.61. The highest BCUT2D eigenvalue weighted by molar-refractivity contribution is 5.80. The summed E-state index contributed by atoms with van der Waals surface area (Å²) < 4.78 is 17.6. The van der Waals surface area contributed by atoms with Gasteiger partial charge in [-0.15, -0.1) is 0 Å². The summed E-state index contributed by atoms with van der Waals surface area (Å²) in [5.41, 5.74) is 0. The molecule has 11 heteroatoms. The summed E-state index contributed by atoms with van der Waals surface area (Å²) in [7, 11) is 0. The second-order valence-electron chi connectivity index (χ2n) is 22.8. The summed E-state index contributed by atoms with van der Waals surface area (Å²) >= 11 is 0. The van der Waals surface area contributed by atoms with Gasteiger partial charge in [0.15, 0.2) is 12.4 Å².